The number of rotatable bonds is 6. The molecule has 4 rings (SSSR count). The Morgan fingerprint density at radius 1 is 1.10 bits per heavy atom. The highest BCUT2D eigenvalue weighted by atomic mass is 16.5. The summed E-state index contributed by atoms with van der Waals surface area (Å²) in [5, 5.41) is 0. The van der Waals surface area contributed by atoms with Crippen LogP contribution in [0.3, 0.4) is 0 Å². The molecule has 0 saturated carbocycles. The van der Waals surface area contributed by atoms with Gasteiger partial charge < -0.3 is 13.7 Å². The summed E-state index contributed by atoms with van der Waals surface area (Å²) in [7, 11) is 0. The van der Waals surface area contributed by atoms with E-state index >= 15 is 0 Å². The Bertz CT molecular complexity index is 1220. The second kappa shape index (κ2) is 7.67. The molecule has 29 heavy (non-hydrogen) atoms. The first-order chi connectivity index (χ1) is 14.0. The zero-order chi connectivity index (χ0) is 20.4. The van der Waals surface area contributed by atoms with Crippen molar-refractivity contribution in [2.24, 2.45) is 0 Å². The summed E-state index contributed by atoms with van der Waals surface area (Å²) < 4.78 is 17.5. The minimum Gasteiger partial charge on any atom is -0.484 e. The van der Waals surface area contributed by atoms with Crippen molar-refractivity contribution in [3.63, 3.8) is 0 Å². The average Bonchev–Trinajstić information content (AvgIpc) is 3.25. The molecule has 1 atom stereocenters. The summed E-state index contributed by atoms with van der Waals surface area (Å²) in [6, 6.07) is 16.9. The SMILES string of the molecule is Cc1oc(-c2ccccc2)nc1C(C)Oc1ccc(Cn2oc(=O)[nH]c2=O)cc1. The molecule has 0 bridgehead atoms. The van der Waals surface area contributed by atoms with Crippen LogP contribution in [0.2, 0.25) is 0 Å². The lowest BCUT2D eigenvalue weighted by Crippen LogP contribution is -2.17. The van der Waals surface area contributed by atoms with Gasteiger partial charge in [-0.3, -0.25) is 0 Å². The monoisotopic (exact) mass is 393 g/mol. The van der Waals surface area contributed by atoms with Gasteiger partial charge in [-0.1, -0.05) is 30.3 Å². The molecule has 8 heteroatoms. The van der Waals surface area contributed by atoms with Gasteiger partial charge in [0, 0.05) is 5.56 Å². The Morgan fingerprint density at radius 2 is 1.83 bits per heavy atom. The van der Waals surface area contributed by atoms with Gasteiger partial charge in [-0.05, 0) is 43.7 Å². The number of nitrogens with one attached hydrogen (secondary N) is 1. The maximum absolute atomic E-state index is 11.5. The minimum atomic E-state index is -0.776. The normalized spacial score (nSPS) is 12.1. The zero-order valence-corrected chi connectivity index (χ0v) is 15.9. The quantitative estimate of drug-likeness (QED) is 0.539. The molecule has 2 aromatic heterocycles. The first-order valence-corrected chi connectivity index (χ1v) is 9.08. The Hall–Kier alpha value is -3.81. The van der Waals surface area contributed by atoms with Crippen molar-refractivity contribution in [3.05, 3.63) is 92.6 Å². The van der Waals surface area contributed by atoms with Crippen molar-refractivity contribution in [3.8, 4) is 17.2 Å². The van der Waals surface area contributed by atoms with Crippen LogP contribution in [-0.2, 0) is 6.54 Å². The zero-order valence-electron chi connectivity index (χ0n) is 15.9. The van der Waals surface area contributed by atoms with Crippen molar-refractivity contribution < 1.29 is 13.7 Å². The highest BCUT2D eigenvalue weighted by Crippen LogP contribution is 2.28. The van der Waals surface area contributed by atoms with Crippen LogP contribution < -0.4 is 16.2 Å². The van der Waals surface area contributed by atoms with E-state index in [1.807, 2.05) is 49.2 Å². The van der Waals surface area contributed by atoms with Crippen LogP contribution in [0.5, 0.6) is 5.75 Å². The van der Waals surface area contributed by atoms with Crippen LogP contribution in [0.15, 0.2) is 73.1 Å². The number of aryl methyl sites for hydroxylation is 1. The number of nitrogens with zero attached hydrogens (tertiary/aromatic N) is 2. The molecule has 0 spiro atoms. The molecule has 0 radical (unpaired) electrons. The van der Waals surface area contributed by atoms with Crippen molar-refractivity contribution in [1.29, 1.82) is 0 Å². The summed E-state index contributed by atoms with van der Waals surface area (Å²) in [5.41, 5.74) is 1.84. The van der Waals surface area contributed by atoms with Gasteiger partial charge in [0.1, 0.15) is 23.3 Å². The van der Waals surface area contributed by atoms with E-state index in [2.05, 4.69) is 4.98 Å². The number of benzene rings is 2. The van der Waals surface area contributed by atoms with Gasteiger partial charge in [0.05, 0.1) is 6.54 Å². The molecule has 8 nitrogen and oxygen atoms in total. The third-order valence-corrected chi connectivity index (χ3v) is 4.43. The van der Waals surface area contributed by atoms with Crippen LogP contribution in [0, 0.1) is 6.92 Å². The molecule has 1 N–H and O–H groups in total. The van der Waals surface area contributed by atoms with Gasteiger partial charge in [0.2, 0.25) is 5.89 Å². The smallest absolute Gasteiger partial charge is 0.440 e. The highest BCUT2D eigenvalue weighted by molar-refractivity contribution is 5.53. The van der Waals surface area contributed by atoms with Gasteiger partial charge in [0.25, 0.3) is 0 Å². The second-order valence-electron chi connectivity index (χ2n) is 6.58. The van der Waals surface area contributed by atoms with E-state index in [0.29, 0.717) is 17.4 Å². The average molecular weight is 393 g/mol. The first kappa shape index (κ1) is 18.5. The molecule has 2 heterocycles. The lowest BCUT2D eigenvalue weighted by Gasteiger charge is -2.13. The number of oxazole rings is 1. The predicted octanol–water partition coefficient (Wildman–Crippen LogP) is 3.28. The molecule has 1 unspecified atom stereocenters. The lowest BCUT2D eigenvalue weighted by molar-refractivity contribution is 0.220. The molecule has 148 valence electrons. The van der Waals surface area contributed by atoms with Crippen molar-refractivity contribution in [2.45, 2.75) is 26.5 Å². The summed E-state index contributed by atoms with van der Waals surface area (Å²) in [4.78, 5) is 29.2. The summed E-state index contributed by atoms with van der Waals surface area (Å²) in [6.45, 7) is 3.91. The number of hydrogen-bond donors (Lipinski definition) is 1. The van der Waals surface area contributed by atoms with Gasteiger partial charge in [0.15, 0.2) is 0 Å². The van der Waals surface area contributed by atoms with E-state index in [-0.39, 0.29) is 12.6 Å². The Morgan fingerprint density at radius 3 is 2.48 bits per heavy atom. The van der Waals surface area contributed by atoms with Gasteiger partial charge in [-0.25, -0.2) is 19.6 Å². The molecule has 2 aromatic carbocycles. The van der Waals surface area contributed by atoms with Crippen LogP contribution in [0.1, 0.15) is 30.0 Å². The number of aromatic nitrogens is 3. The fourth-order valence-corrected chi connectivity index (χ4v) is 3.01. The number of ether oxygens (including phenoxy) is 1. The third kappa shape index (κ3) is 4.06. The Labute approximate surface area is 165 Å². The molecular formula is C21H19N3O5. The van der Waals surface area contributed by atoms with E-state index in [0.717, 1.165) is 21.6 Å². The van der Waals surface area contributed by atoms with Crippen LogP contribution in [0.25, 0.3) is 11.5 Å². The second-order valence-corrected chi connectivity index (χ2v) is 6.58. The number of H-pyrrole nitrogens is 1. The maximum atomic E-state index is 11.5. The first-order valence-electron chi connectivity index (χ1n) is 9.08. The third-order valence-electron chi connectivity index (χ3n) is 4.43. The fourth-order valence-electron chi connectivity index (χ4n) is 3.01. The topological polar surface area (TPSA) is 103 Å². The maximum Gasteiger partial charge on any atom is 0.440 e. The van der Waals surface area contributed by atoms with Gasteiger partial charge >= 0.3 is 11.4 Å². The standard InChI is InChI=1S/C21H19N3O5/c1-13(18-14(2)28-19(22-18)16-6-4-3-5-7-16)27-17-10-8-15(9-11-17)12-24-20(25)23-21(26)29-24/h3-11,13H,12H2,1-2H3,(H,23,25,26). The van der Waals surface area contributed by atoms with E-state index in [4.69, 9.17) is 13.7 Å². The highest BCUT2D eigenvalue weighted by Gasteiger charge is 2.18. The molecule has 0 amide bonds. The van der Waals surface area contributed by atoms with Crippen molar-refractivity contribution in [1.82, 2.24) is 14.7 Å². The van der Waals surface area contributed by atoms with Crippen molar-refractivity contribution in [2.75, 3.05) is 0 Å². The van der Waals surface area contributed by atoms with E-state index in [9.17, 15) is 9.59 Å². The van der Waals surface area contributed by atoms with Gasteiger partial charge in [-0.2, -0.15) is 0 Å². The van der Waals surface area contributed by atoms with Crippen molar-refractivity contribution >= 4 is 0 Å². The number of aromatic amines is 1. The summed E-state index contributed by atoms with van der Waals surface area (Å²) in [5.74, 6) is 1.13. The molecule has 4 aromatic rings. The molecular weight excluding hydrogens is 374 g/mol. The van der Waals surface area contributed by atoms with E-state index < -0.39 is 11.4 Å². The van der Waals surface area contributed by atoms with Crippen LogP contribution in [-0.4, -0.2) is 14.7 Å². The minimum absolute atomic E-state index is 0.149. The molecule has 0 aliphatic carbocycles. The fraction of sp³-hybridized carbons (Fsp3) is 0.190. The Balaban J connectivity index is 1.47. The number of hydrogen-bond acceptors (Lipinski definition) is 6. The largest absolute Gasteiger partial charge is 0.484 e. The van der Waals surface area contributed by atoms with E-state index in [1.165, 1.54) is 0 Å². The molecule has 0 saturated heterocycles. The summed E-state index contributed by atoms with van der Waals surface area (Å²) >= 11 is 0. The molecule has 0 aliphatic heterocycles. The van der Waals surface area contributed by atoms with Crippen LogP contribution >= 0.6 is 0 Å². The summed E-state index contributed by atoms with van der Waals surface area (Å²) in [6.07, 6.45) is -0.313. The predicted molar refractivity (Wildman–Crippen MR) is 105 cm³/mol. The van der Waals surface area contributed by atoms with E-state index in [1.54, 1.807) is 24.3 Å². The molecule has 0 aliphatic rings. The van der Waals surface area contributed by atoms with Gasteiger partial charge in [-0.15, -0.1) is 4.74 Å². The lowest BCUT2D eigenvalue weighted by atomic mass is 10.2. The molecule has 0 fully saturated rings. The van der Waals surface area contributed by atoms with Crippen LogP contribution in [0.4, 0.5) is 0 Å². The Kier molecular flexibility index (Phi) is 4.90.